The summed E-state index contributed by atoms with van der Waals surface area (Å²) in [6, 6.07) is 13.5. The molecule has 2 aromatic heterocycles. The molecule has 1 N–H and O–H groups in total. The number of hydrogen-bond donors (Lipinski definition) is 1. The predicted octanol–water partition coefficient (Wildman–Crippen LogP) is 5.31. The van der Waals surface area contributed by atoms with E-state index in [0.29, 0.717) is 5.95 Å². The van der Waals surface area contributed by atoms with E-state index in [2.05, 4.69) is 24.1 Å². The quantitative estimate of drug-likeness (QED) is 0.655. The second-order valence-electron chi connectivity index (χ2n) is 7.96. The zero-order valence-electron chi connectivity index (χ0n) is 16.6. The molecule has 3 aromatic rings. The number of anilines is 2. The average molecular weight is 377 g/mol. The first kappa shape index (κ1) is 18.7. The average Bonchev–Trinajstić information content (AvgIpc) is 2.74. The lowest BCUT2D eigenvalue weighted by atomic mass is 9.78. The first-order chi connectivity index (χ1) is 13.7. The SMILES string of the molecule is CCC(C)C1CCC(n2c(=O)ccc3cnc(Nc4ccccc4)nc32)CC1. The van der Waals surface area contributed by atoms with Crippen molar-refractivity contribution < 1.29 is 0 Å². The highest BCUT2D eigenvalue weighted by atomic mass is 16.1. The molecule has 4 rings (SSSR count). The Kier molecular flexibility index (Phi) is 5.42. The summed E-state index contributed by atoms with van der Waals surface area (Å²) in [6.07, 6.45) is 7.48. The van der Waals surface area contributed by atoms with E-state index in [1.165, 1.54) is 19.3 Å². The number of nitrogens with one attached hydrogen (secondary N) is 1. The molecule has 28 heavy (non-hydrogen) atoms. The van der Waals surface area contributed by atoms with Crippen LogP contribution in [0.25, 0.3) is 11.0 Å². The summed E-state index contributed by atoms with van der Waals surface area (Å²) in [5.74, 6) is 2.05. The van der Waals surface area contributed by atoms with Crippen molar-refractivity contribution in [3.8, 4) is 0 Å². The highest BCUT2D eigenvalue weighted by Gasteiger charge is 2.27. The number of rotatable bonds is 5. The van der Waals surface area contributed by atoms with Gasteiger partial charge in [-0.25, -0.2) is 4.98 Å². The van der Waals surface area contributed by atoms with Crippen LogP contribution in [0.3, 0.4) is 0 Å². The molecule has 1 saturated carbocycles. The van der Waals surface area contributed by atoms with E-state index in [0.717, 1.165) is 41.4 Å². The molecule has 0 saturated heterocycles. The lowest BCUT2D eigenvalue weighted by Crippen LogP contribution is -2.29. The van der Waals surface area contributed by atoms with Gasteiger partial charge in [0.1, 0.15) is 5.65 Å². The topological polar surface area (TPSA) is 59.8 Å². The molecular weight excluding hydrogens is 348 g/mol. The summed E-state index contributed by atoms with van der Waals surface area (Å²) in [6.45, 7) is 4.62. The van der Waals surface area contributed by atoms with Crippen molar-refractivity contribution in [2.45, 2.75) is 52.0 Å². The Morgan fingerprint density at radius 3 is 2.57 bits per heavy atom. The van der Waals surface area contributed by atoms with Crippen molar-refractivity contribution in [2.24, 2.45) is 11.8 Å². The minimum Gasteiger partial charge on any atom is -0.324 e. The van der Waals surface area contributed by atoms with Crippen LogP contribution in [0, 0.1) is 11.8 Å². The molecule has 0 spiro atoms. The molecule has 1 aliphatic rings. The molecule has 1 aromatic carbocycles. The third kappa shape index (κ3) is 3.79. The van der Waals surface area contributed by atoms with E-state index >= 15 is 0 Å². The van der Waals surface area contributed by atoms with Gasteiger partial charge in [0.15, 0.2) is 0 Å². The first-order valence-corrected chi connectivity index (χ1v) is 10.4. The fraction of sp³-hybridized carbons (Fsp3) is 0.435. The number of nitrogens with zero attached hydrogens (tertiary/aromatic N) is 3. The van der Waals surface area contributed by atoms with Gasteiger partial charge in [-0.3, -0.25) is 9.36 Å². The molecular formula is C23H28N4O. The van der Waals surface area contributed by atoms with Gasteiger partial charge in [-0.1, -0.05) is 38.5 Å². The van der Waals surface area contributed by atoms with Gasteiger partial charge >= 0.3 is 0 Å². The molecule has 0 radical (unpaired) electrons. The minimum atomic E-state index is 0.0313. The monoisotopic (exact) mass is 376 g/mol. The van der Waals surface area contributed by atoms with Gasteiger partial charge < -0.3 is 5.32 Å². The highest BCUT2D eigenvalue weighted by molar-refractivity contribution is 5.75. The molecule has 5 heteroatoms. The third-order valence-corrected chi connectivity index (χ3v) is 6.25. The van der Waals surface area contributed by atoms with E-state index in [-0.39, 0.29) is 11.6 Å². The lowest BCUT2D eigenvalue weighted by Gasteiger charge is -2.33. The van der Waals surface area contributed by atoms with Crippen molar-refractivity contribution in [3.63, 3.8) is 0 Å². The van der Waals surface area contributed by atoms with E-state index in [9.17, 15) is 4.79 Å². The van der Waals surface area contributed by atoms with Crippen LogP contribution in [0.15, 0.2) is 53.5 Å². The Bertz CT molecular complexity index is 990. The van der Waals surface area contributed by atoms with Crippen LogP contribution in [0.4, 0.5) is 11.6 Å². The maximum Gasteiger partial charge on any atom is 0.252 e. The number of pyridine rings is 1. The molecule has 1 atom stereocenters. The summed E-state index contributed by atoms with van der Waals surface area (Å²) in [4.78, 5) is 21.9. The van der Waals surface area contributed by atoms with Gasteiger partial charge in [0, 0.05) is 29.4 Å². The van der Waals surface area contributed by atoms with Crippen molar-refractivity contribution in [3.05, 3.63) is 59.0 Å². The van der Waals surface area contributed by atoms with Crippen LogP contribution in [-0.2, 0) is 0 Å². The van der Waals surface area contributed by atoms with Crippen LogP contribution >= 0.6 is 0 Å². The Balaban J connectivity index is 1.65. The van der Waals surface area contributed by atoms with Gasteiger partial charge in [0.25, 0.3) is 5.56 Å². The smallest absolute Gasteiger partial charge is 0.252 e. The van der Waals surface area contributed by atoms with Gasteiger partial charge in [-0.2, -0.15) is 4.98 Å². The van der Waals surface area contributed by atoms with Gasteiger partial charge in [0.05, 0.1) is 0 Å². The van der Waals surface area contributed by atoms with Crippen LogP contribution in [0.5, 0.6) is 0 Å². The molecule has 5 nitrogen and oxygen atoms in total. The van der Waals surface area contributed by atoms with Crippen LogP contribution in [-0.4, -0.2) is 14.5 Å². The summed E-state index contributed by atoms with van der Waals surface area (Å²) in [7, 11) is 0. The molecule has 0 bridgehead atoms. The first-order valence-electron chi connectivity index (χ1n) is 10.4. The molecule has 146 valence electrons. The summed E-state index contributed by atoms with van der Waals surface area (Å²) < 4.78 is 1.90. The number of benzene rings is 1. The van der Waals surface area contributed by atoms with Crippen LogP contribution in [0.2, 0.25) is 0 Å². The lowest BCUT2D eigenvalue weighted by molar-refractivity contribution is 0.212. The molecule has 0 amide bonds. The van der Waals surface area contributed by atoms with E-state index in [1.54, 1.807) is 12.3 Å². The van der Waals surface area contributed by atoms with E-state index < -0.39 is 0 Å². The Hall–Kier alpha value is -2.69. The van der Waals surface area contributed by atoms with Crippen molar-refractivity contribution in [2.75, 3.05) is 5.32 Å². The number of para-hydroxylation sites is 1. The summed E-state index contributed by atoms with van der Waals surface area (Å²) in [5.41, 5.74) is 1.69. The van der Waals surface area contributed by atoms with Crippen molar-refractivity contribution in [1.29, 1.82) is 0 Å². The summed E-state index contributed by atoms with van der Waals surface area (Å²) in [5, 5.41) is 4.14. The zero-order chi connectivity index (χ0) is 19.5. The molecule has 0 aliphatic heterocycles. The third-order valence-electron chi connectivity index (χ3n) is 6.25. The van der Waals surface area contributed by atoms with Gasteiger partial charge in [-0.05, 0) is 55.7 Å². The predicted molar refractivity (Wildman–Crippen MR) is 114 cm³/mol. The largest absolute Gasteiger partial charge is 0.324 e. The Morgan fingerprint density at radius 1 is 1.11 bits per heavy atom. The second-order valence-corrected chi connectivity index (χ2v) is 7.96. The van der Waals surface area contributed by atoms with Gasteiger partial charge in [0.2, 0.25) is 5.95 Å². The molecule has 1 aliphatic carbocycles. The number of aromatic nitrogens is 3. The standard InChI is InChI=1S/C23H28N4O/c1-3-16(2)17-9-12-20(13-10-17)27-21(28)14-11-18-15-24-23(26-22(18)27)25-19-7-5-4-6-8-19/h4-8,11,14-17,20H,3,9-10,12-13H2,1-2H3,(H,24,25,26). The van der Waals surface area contributed by atoms with Crippen LogP contribution in [0.1, 0.15) is 52.0 Å². The fourth-order valence-electron chi connectivity index (χ4n) is 4.36. The molecule has 2 heterocycles. The maximum atomic E-state index is 12.8. The fourth-order valence-corrected chi connectivity index (χ4v) is 4.36. The van der Waals surface area contributed by atoms with Crippen molar-refractivity contribution in [1.82, 2.24) is 14.5 Å². The molecule has 1 unspecified atom stereocenters. The van der Waals surface area contributed by atoms with Crippen molar-refractivity contribution >= 4 is 22.7 Å². The van der Waals surface area contributed by atoms with Crippen LogP contribution < -0.4 is 10.9 Å². The zero-order valence-corrected chi connectivity index (χ0v) is 16.6. The summed E-state index contributed by atoms with van der Waals surface area (Å²) >= 11 is 0. The van der Waals surface area contributed by atoms with E-state index in [1.807, 2.05) is 41.0 Å². The highest BCUT2D eigenvalue weighted by Crippen LogP contribution is 2.37. The van der Waals surface area contributed by atoms with Gasteiger partial charge in [-0.15, -0.1) is 0 Å². The maximum absolute atomic E-state index is 12.8. The minimum absolute atomic E-state index is 0.0313. The normalized spacial score (nSPS) is 20.8. The number of fused-ring (bicyclic) bond motifs is 1. The molecule has 1 fully saturated rings. The Labute approximate surface area is 165 Å². The Morgan fingerprint density at radius 2 is 1.86 bits per heavy atom. The number of hydrogen-bond acceptors (Lipinski definition) is 4. The van der Waals surface area contributed by atoms with E-state index in [4.69, 9.17) is 4.98 Å². The second kappa shape index (κ2) is 8.13.